The highest BCUT2D eigenvalue weighted by Crippen LogP contribution is 2.01. The third-order valence-electron chi connectivity index (χ3n) is 1.95. The topological polar surface area (TPSA) is 60.6 Å². The molecular formula is C8H12N6. The highest BCUT2D eigenvalue weighted by Gasteiger charge is 2.00. The molecule has 0 aliphatic carbocycles. The maximum atomic E-state index is 4.10. The van der Waals surface area contributed by atoms with Crippen molar-refractivity contribution >= 4 is 5.95 Å². The lowest BCUT2D eigenvalue weighted by molar-refractivity contribution is 0.717. The molecule has 2 heterocycles. The Kier molecular flexibility index (Phi) is 2.18. The van der Waals surface area contributed by atoms with Crippen LogP contribution in [0.3, 0.4) is 0 Å². The van der Waals surface area contributed by atoms with Crippen molar-refractivity contribution in [2.24, 2.45) is 14.1 Å². The second-order valence-corrected chi connectivity index (χ2v) is 3.04. The summed E-state index contributed by atoms with van der Waals surface area (Å²) in [6.45, 7) is 0.681. The lowest BCUT2D eigenvalue weighted by atomic mass is 10.4. The molecule has 6 heteroatoms. The van der Waals surface area contributed by atoms with Crippen LogP contribution < -0.4 is 5.32 Å². The minimum absolute atomic E-state index is 0.633. The Morgan fingerprint density at radius 1 is 1.43 bits per heavy atom. The van der Waals surface area contributed by atoms with Gasteiger partial charge in [-0.05, 0) is 6.07 Å². The fraction of sp³-hybridized carbons (Fsp3) is 0.375. The molecule has 0 amide bonds. The molecule has 14 heavy (non-hydrogen) atoms. The van der Waals surface area contributed by atoms with E-state index in [1.165, 1.54) is 0 Å². The number of nitrogens with one attached hydrogen (secondary N) is 1. The monoisotopic (exact) mass is 192 g/mol. The maximum Gasteiger partial charge on any atom is 0.242 e. The molecule has 0 aliphatic heterocycles. The molecule has 2 rings (SSSR count). The Bertz CT molecular complexity index is 415. The number of hydrogen-bond donors (Lipinski definition) is 1. The van der Waals surface area contributed by atoms with Gasteiger partial charge in [-0.1, -0.05) is 0 Å². The van der Waals surface area contributed by atoms with Crippen LogP contribution in [0.1, 0.15) is 5.69 Å². The lowest BCUT2D eigenvalue weighted by Gasteiger charge is -2.01. The molecule has 74 valence electrons. The van der Waals surface area contributed by atoms with Gasteiger partial charge in [0, 0.05) is 20.3 Å². The molecule has 6 nitrogen and oxygen atoms in total. The largest absolute Gasteiger partial charge is 0.347 e. The first-order valence-electron chi connectivity index (χ1n) is 4.32. The lowest BCUT2D eigenvalue weighted by Crippen LogP contribution is -2.06. The molecule has 0 unspecified atom stereocenters. The predicted octanol–water partition coefficient (Wildman–Crippen LogP) is 0.161. The zero-order valence-electron chi connectivity index (χ0n) is 8.18. The van der Waals surface area contributed by atoms with Crippen molar-refractivity contribution in [1.29, 1.82) is 0 Å². The minimum Gasteiger partial charge on any atom is -0.347 e. The summed E-state index contributed by atoms with van der Waals surface area (Å²) in [6, 6.07) is 1.95. The van der Waals surface area contributed by atoms with Crippen LogP contribution >= 0.6 is 0 Å². The summed E-state index contributed by atoms with van der Waals surface area (Å²) in [7, 11) is 3.74. The number of anilines is 1. The maximum absolute atomic E-state index is 4.10. The van der Waals surface area contributed by atoms with Crippen LogP contribution in [0.25, 0.3) is 0 Å². The van der Waals surface area contributed by atoms with Crippen molar-refractivity contribution in [3.63, 3.8) is 0 Å². The number of nitrogens with zero attached hydrogens (tertiary/aromatic N) is 5. The van der Waals surface area contributed by atoms with Gasteiger partial charge in [-0.3, -0.25) is 9.36 Å². The highest BCUT2D eigenvalue weighted by atomic mass is 15.4. The van der Waals surface area contributed by atoms with Crippen molar-refractivity contribution < 1.29 is 0 Å². The van der Waals surface area contributed by atoms with Crippen LogP contribution in [-0.4, -0.2) is 24.5 Å². The predicted molar refractivity (Wildman–Crippen MR) is 51.5 cm³/mol. The zero-order chi connectivity index (χ0) is 9.97. The molecule has 0 aliphatic rings. The molecule has 1 N–H and O–H groups in total. The highest BCUT2D eigenvalue weighted by molar-refractivity contribution is 5.22. The number of aromatic nitrogens is 5. The molecule has 0 saturated heterocycles. The molecule has 0 bridgehead atoms. The second kappa shape index (κ2) is 3.49. The van der Waals surface area contributed by atoms with Crippen LogP contribution in [0.15, 0.2) is 18.6 Å². The zero-order valence-corrected chi connectivity index (χ0v) is 8.18. The standard InChI is InChI=1S/C8H12N6/c1-13-6-10-8(12-13)9-5-7-3-4-11-14(7)2/h3-4,6H,5H2,1-2H3,(H,9,12). The fourth-order valence-corrected chi connectivity index (χ4v) is 1.16. The van der Waals surface area contributed by atoms with Gasteiger partial charge in [0.1, 0.15) is 6.33 Å². The summed E-state index contributed by atoms with van der Waals surface area (Å²) in [4.78, 5) is 4.06. The van der Waals surface area contributed by atoms with Crippen LogP contribution in [0.4, 0.5) is 5.95 Å². The summed E-state index contributed by atoms with van der Waals surface area (Å²) < 4.78 is 3.47. The summed E-state index contributed by atoms with van der Waals surface area (Å²) in [5.74, 6) is 0.633. The van der Waals surface area contributed by atoms with Gasteiger partial charge in [-0.15, -0.1) is 5.10 Å². The van der Waals surface area contributed by atoms with Gasteiger partial charge in [0.15, 0.2) is 0 Å². The van der Waals surface area contributed by atoms with Gasteiger partial charge >= 0.3 is 0 Å². The second-order valence-electron chi connectivity index (χ2n) is 3.04. The van der Waals surface area contributed by atoms with E-state index in [0.717, 1.165) is 5.69 Å². The van der Waals surface area contributed by atoms with E-state index in [-0.39, 0.29) is 0 Å². The first-order valence-corrected chi connectivity index (χ1v) is 4.32. The third-order valence-corrected chi connectivity index (χ3v) is 1.95. The van der Waals surface area contributed by atoms with Crippen LogP contribution in [0.5, 0.6) is 0 Å². The van der Waals surface area contributed by atoms with Gasteiger partial charge in [-0.2, -0.15) is 5.10 Å². The van der Waals surface area contributed by atoms with E-state index in [0.29, 0.717) is 12.5 Å². The fourth-order valence-electron chi connectivity index (χ4n) is 1.16. The van der Waals surface area contributed by atoms with E-state index in [2.05, 4.69) is 20.5 Å². The molecule has 0 fully saturated rings. The number of rotatable bonds is 3. The SMILES string of the molecule is Cn1cnc(NCc2ccnn2C)n1. The van der Waals surface area contributed by atoms with Crippen molar-refractivity contribution in [2.75, 3.05) is 5.32 Å². The summed E-state index contributed by atoms with van der Waals surface area (Å²) in [5.41, 5.74) is 1.09. The van der Waals surface area contributed by atoms with Crippen molar-refractivity contribution in [1.82, 2.24) is 24.5 Å². The van der Waals surface area contributed by atoms with Gasteiger partial charge in [0.2, 0.25) is 5.95 Å². The molecule has 0 radical (unpaired) electrons. The van der Waals surface area contributed by atoms with E-state index in [9.17, 15) is 0 Å². The van der Waals surface area contributed by atoms with E-state index in [1.807, 2.05) is 24.8 Å². The van der Waals surface area contributed by atoms with Crippen molar-refractivity contribution in [3.05, 3.63) is 24.3 Å². The van der Waals surface area contributed by atoms with Crippen LogP contribution in [-0.2, 0) is 20.6 Å². The Morgan fingerprint density at radius 2 is 2.29 bits per heavy atom. The first-order chi connectivity index (χ1) is 6.75. The van der Waals surface area contributed by atoms with E-state index in [4.69, 9.17) is 0 Å². The van der Waals surface area contributed by atoms with Gasteiger partial charge < -0.3 is 5.32 Å². The quantitative estimate of drug-likeness (QED) is 0.752. The van der Waals surface area contributed by atoms with E-state index >= 15 is 0 Å². The molecule has 2 aromatic rings. The van der Waals surface area contributed by atoms with Gasteiger partial charge in [0.25, 0.3) is 0 Å². The normalized spacial score (nSPS) is 10.4. The summed E-state index contributed by atoms with van der Waals surface area (Å²) >= 11 is 0. The Morgan fingerprint density at radius 3 is 2.86 bits per heavy atom. The van der Waals surface area contributed by atoms with Crippen molar-refractivity contribution in [3.8, 4) is 0 Å². The van der Waals surface area contributed by atoms with Crippen molar-refractivity contribution in [2.45, 2.75) is 6.54 Å². The Labute approximate surface area is 81.6 Å². The summed E-state index contributed by atoms with van der Waals surface area (Å²) in [5, 5.41) is 11.3. The van der Waals surface area contributed by atoms with Gasteiger partial charge in [-0.25, -0.2) is 4.98 Å². The molecule has 0 saturated carbocycles. The number of hydrogen-bond acceptors (Lipinski definition) is 4. The third kappa shape index (κ3) is 1.73. The average Bonchev–Trinajstić information content (AvgIpc) is 2.72. The van der Waals surface area contributed by atoms with Crippen LogP contribution in [0.2, 0.25) is 0 Å². The first kappa shape index (κ1) is 8.74. The van der Waals surface area contributed by atoms with Gasteiger partial charge in [0.05, 0.1) is 12.2 Å². The number of aryl methyl sites for hydroxylation is 2. The average molecular weight is 192 g/mol. The van der Waals surface area contributed by atoms with E-state index < -0.39 is 0 Å². The molecule has 0 atom stereocenters. The smallest absolute Gasteiger partial charge is 0.242 e. The molecule has 0 aromatic carbocycles. The summed E-state index contributed by atoms with van der Waals surface area (Å²) in [6.07, 6.45) is 3.43. The molecule has 0 spiro atoms. The van der Waals surface area contributed by atoms with E-state index in [1.54, 1.807) is 17.2 Å². The Balaban J connectivity index is 1.98. The molecular weight excluding hydrogens is 180 g/mol. The van der Waals surface area contributed by atoms with Crippen LogP contribution in [0, 0.1) is 0 Å². The minimum atomic E-state index is 0.633. The Hall–Kier alpha value is -1.85. The molecule has 2 aromatic heterocycles.